The van der Waals surface area contributed by atoms with Crippen molar-refractivity contribution in [3.63, 3.8) is 0 Å². The highest BCUT2D eigenvalue weighted by atomic mass is 35.5. The number of hydrogen-bond donors (Lipinski definition) is 2. The van der Waals surface area contributed by atoms with Gasteiger partial charge in [0.25, 0.3) is 0 Å². The van der Waals surface area contributed by atoms with Gasteiger partial charge >= 0.3 is 0 Å². The fourth-order valence-electron chi connectivity index (χ4n) is 0.630. The van der Waals surface area contributed by atoms with Gasteiger partial charge in [-0.25, -0.2) is 13.1 Å². The van der Waals surface area contributed by atoms with Crippen LogP contribution >= 0.6 is 11.6 Å². The summed E-state index contributed by atoms with van der Waals surface area (Å²) in [7, 11) is -3.30. The predicted molar refractivity (Wildman–Crippen MR) is 48.5 cm³/mol. The van der Waals surface area contributed by atoms with E-state index in [1.165, 1.54) is 0 Å². The van der Waals surface area contributed by atoms with Crippen molar-refractivity contribution < 1.29 is 13.5 Å². The Morgan fingerprint density at radius 1 is 1.58 bits per heavy atom. The predicted octanol–water partition coefficient (Wildman–Crippen LogP) is 0.121. The van der Waals surface area contributed by atoms with Crippen LogP contribution in [0.3, 0.4) is 0 Å². The first-order valence-corrected chi connectivity index (χ1v) is 5.84. The van der Waals surface area contributed by atoms with Crippen molar-refractivity contribution in [2.24, 2.45) is 5.92 Å². The Hall–Kier alpha value is 0.160. The van der Waals surface area contributed by atoms with Gasteiger partial charge in [-0.3, -0.25) is 0 Å². The molecule has 0 bridgehead atoms. The number of alkyl halides is 1. The van der Waals surface area contributed by atoms with E-state index < -0.39 is 15.2 Å². The lowest BCUT2D eigenvalue weighted by Crippen LogP contribution is -2.29. The van der Waals surface area contributed by atoms with Crippen molar-refractivity contribution in [3.05, 3.63) is 0 Å². The second-order valence-corrected chi connectivity index (χ2v) is 5.08. The van der Waals surface area contributed by atoms with Crippen LogP contribution in [0.15, 0.2) is 0 Å². The van der Waals surface area contributed by atoms with Crippen molar-refractivity contribution in [1.82, 2.24) is 4.72 Å². The molecule has 1 atom stereocenters. The average Bonchev–Trinajstić information content (AvgIpc) is 2.02. The maximum Gasteiger partial charge on any atom is 0.225 e. The first-order chi connectivity index (χ1) is 5.52. The second-order valence-electron chi connectivity index (χ2n) is 2.69. The first-order valence-electron chi connectivity index (χ1n) is 3.66. The summed E-state index contributed by atoms with van der Waals surface area (Å²) >= 11 is 5.15. The van der Waals surface area contributed by atoms with Crippen molar-refractivity contribution >= 4 is 21.6 Å². The monoisotopic (exact) mass is 215 g/mol. The summed E-state index contributed by atoms with van der Waals surface area (Å²) < 4.78 is 23.9. The van der Waals surface area contributed by atoms with Gasteiger partial charge in [-0.15, -0.1) is 11.6 Å². The van der Waals surface area contributed by atoms with E-state index in [0.717, 1.165) is 0 Å². The number of sulfonamides is 1. The molecule has 4 nitrogen and oxygen atoms in total. The molecule has 0 amide bonds. The molecule has 0 radical (unpaired) electrons. The molecule has 1 unspecified atom stereocenters. The molecule has 74 valence electrons. The quantitative estimate of drug-likeness (QED) is 0.619. The maximum atomic E-state index is 10.8. The van der Waals surface area contributed by atoms with Gasteiger partial charge < -0.3 is 5.11 Å². The molecule has 0 heterocycles. The van der Waals surface area contributed by atoms with E-state index in [9.17, 15) is 8.42 Å². The molecule has 0 aliphatic carbocycles. The number of halogens is 1. The molecule has 2 N–H and O–H groups in total. The normalized spacial score (nSPS) is 14.6. The Morgan fingerprint density at radius 2 is 2.17 bits per heavy atom. The zero-order valence-electron chi connectivity index (χ0n) is 6.96. The van der Waals surface area contributed by atoms with Gasteiger partial charge in [-0.2, -0.15) is 0 Å². The van der Waals surface area contributed by atoms with E-state index in [1.54, 1.807) is 0 Å². The maximum absolute atomic E-state index is 10.8. The lowest BCUT2D eigenvalue weighted by molar-refractivity contribution is 0.263. The molecule has 0 spiro atoms. The summed E-state index contributed by atoms with van der Waals surface area (Å²) in [5.41, 5.74) is 0. The fourth-order valence-corrected chi connectivity index (χ4v) is 1.48. The average molecular weight is 216 g/mol. The highest BCUT2D eigenvalue weighted by molar-refractivity contribution is 7.90. The third-order valence-corrected chi connectivity index (χ3v) is 3.17. The molecule has 0 aliphatic heterocycles. The third kappa shape index (κ3) is 5.77. The van der Waals surface area contributed by atoms with Crippen LogP contribution in [-0.2, 0) is 10.0 Å². The summed E-state index contributed by atoms with van der Waals surface area (Å²) in [6.45, 7) is 2.26. The van der Waals surface area contributed by atoms with Crippen LogP contribution in [0.25, 0.3) is 0 Å². The molecule has 0 rings (SSSR count). The van der Waals surface area contributed by atoms with Gasteiger partial charge in [0.2, 0.25) is 10.0 Å². The minimum absolute atomic E-state index is 0.0732. The Kier molecular flexibility index (Phi) is 5.82. The molecule has 0 aromatic rings. The molecule has 0 saturated carbocycles. The Balaban J connectivity index is 3.68. The SMILES string of the molecule is CC(CCO)CNS(=O)(=O)CCl. The Morgan fingerprint density at radius 3 is 2.58 bits per heavy atom. The molecule has 0 aliphatic rings. The van der Waals surface area contributed by atoms with Gasteiger partial charge in [0.1, 0.15) is 5.21 Å². The fraction of sp³-hybridized carbons (Fsp3) is 1.00. The first kappa shape index (κ1) is 12.2. The van der Waals surface area contributed by atoms with Gasteiger partial charge in [0, 0.05) is 13.2 Å². The molecule has 6 heteroatoms. The molecule has 0 aromatic heterocycles. The van der Waals surface area contributed by atoms with E-state index >= 15 is 0 Å². The van der Waals surface area contributed by atoms with Crippen LogP contribution in [0.2, 0.25) is 0 Å². The lowest BCUT2D eigenvalue weighted by atomic mass is 10.1. The molecule has 0 saturated heterocycles. The molecule has 0 aromatic carbocycles. The second kappa shape index (κ2) is 5.75. The largest absolute Gasteiger partial charge is 0.396 e. The van der Waals surface area contributed by atoms with Crippen LogP contribution in [-0.4, -0.2) is 31.9 Å². The van der Waals surface area contributed by atoms with Crippen LogP contribution in [0.4, 0.5) is 0 Å². The van der Waals surface area contributed by atoms with Crippen LogP contribution < -0.4 is 4.72 Å². The smallest absolute Gasteiger partial charge is 0.225 e. The minimum atomic E-state index is -3.30. The van der Waals surface area contributed by atoms with Crippen molar-refractivity contribution in [1.29, 1.82) is 0 Å². The number of aliphatic hydroxyl groups is 1. The Labute approximate surface area is 78.0 Å². The molecular weight excluding hydrogens is 202 g/mol. The Bertz CT molecular complexity index is 205. The third-order valence-electron chi connectivity index (χ3n) is 1.42. The van der Waals surface area contributed by atoms with E-state index in [2.05, 4.69) is 4.72 Å². The van der Waals surface area contributed by atoms with Crippen molar-refractivity contribution in [3.8, 4) is 0 Å². The standard InChI is InChI=1S/C6H14ClNO3S/c1-6(2-3-9)4-8-12(10,11)5-7/h6,8-9H,2-5H2,1H3. The molecule has 12 heavy (non-hydrogen) atoms. The van der Waals surface area contributed by atoms with Crippen LogP contribution in [0, 0.1) is 5.92 Å². The van der Waals surface area contributed by atoms with Gasteiger partial charge in [-0.1, -0.05) is 6.92 Å². The minimum Gasteiger partial charge on any atom is -0.396 e. The van der Waals surface area contributed by atoms with Crippen LogP contribution in [0.1, 0.15) is 13.3 Å². The lowest BCUT2D eigenvalue weighted by Gasteiger charge is -2.09. The number of nitrogens with one attached hydrogen (secondary N) is 1. The summed E-state index contributed by atoms with van der Waals surface area (Å²) in [6, 6.07) is 0. The zero-order valence-corrected chi connectivity index (χ0v) is 8.53. The van der Waals surface area contributed by atoms with E-state index in [0.29, 0.717) is 13.0 Å². The van der Waals surface area contributed by atoms with Gasteiger partial charge in [0.05, 0.1) is 0 Å². The zero-order chi connectivity index (χ0) is 9.61. The topological polar surface area (TPSA) is 66.4 Å². The van der Waals surface area contributed by atoms with Crippen molar-refractivity contribution in [2.75, 3.05) is 18.4 Å². The van der Waals surface area contributed by atoms with E-state index in [-0.39, 0.29) is 12.5 Å². The van der Waals surface area contributed by atoms with Gasteiger partial charge in [-0.05, 0) is 12.3 Å². The van der Waals surface area contributed by atoms with Crippen molar-refractivity contribution in [2.45, 2.75) is 13.3 Å². The van der Waals surface area contributed by atoms with Gasteiger partial charge in [0.15, 0.2) is 0 Å². The van der Waals surface area contributed by atoms with Crippen LogP contribution in [0.5, 0.6) is 0 Å². The molecule has 0 fully saturated rings. The summed E-state index contributed by atoms with van der Waals surface area (Å²) in [4.78, 5) is 0. The van der Waals surface area contributed by atoms with E-state index in [4.69, 9.17) is 16.7 Å². The number of rotatable bonds is 6. The highest BCUT2D eigenvalue weighted by Gasteiger charge is 2.09. The number of hydrogen-bond acceptors (Lipinski definition) is 3. The summed E-state index contributed by atoms with van der Waals surface area (Å²) in [5.74, 6) is 0.132. The highest BCUT2D eigenvalue weighted by Crippen LogP contribution is 1.99. The van der Waals surface area contributed by atoms with E-state index in [1.807, 2.05) is 6.92 Å². The summed E-state index contributed by atoms with van der Waals surface area (Å²) in [5, 5.41) is 8.10. The summed E-state index contributed by atoms with van der Waals surface area (Å²) in [6.07, 6.45) is 0.588. The number of aliphatic hydroxyl groups excluding tert-OH is 1. The molecular formula is C6H14ClNO3S.